The molecule has 0 aliphatic carbocycles. The van der Waals surface area contributed by atoms with Crippen molar-refractivity contribution in [1.82, 2.24) is 10.0 Å². The third-order valence-electron chi connectivity index (χ3n) is 5.03. The SMILES string of the molecule is COc1ccc(OC)c(C(O)CNC(=O)c2cc(S(=O)(=O)NCc3ccco3)ccc2C)c1. The van der Waals surface area contributed by atoms with Gasteiger partial charge in [-0.1, -0.05) is 6.07 Å². The fraction of sp³-hybridized carbons (Fsp3) is 0.261. The maximum Gasteiger partial charge on any atom is 0.251 e. The third kappa shape index (κ3) is 5.92. The monoisotopic (exact) mass is 474 g/mol. The molecule has 10 heteroatoms. The summed E-state index contributed by atoms with van der Waals surface area (Å²) in [5.41, 5.74) is 1.22. The molecule has 3 rings (SSSR count). The number of hydrogen-bond donors (Lipinski definition) is 3. The Morgan fingerprint density at radius 3 is 2.58 bits per heavy atom. The fourth-order valence-electron chi connectivity index (χ4n) is 3.17. The number of carbonyl (C=O) groups is 1. The van der Waals surface area contributed by atoms with Crippen molar-refractivity contribution in [3.05, 3.63) is 77.2 Å². The summed E-state index contributed by atoms with van der Waals surface area (Å²) in [5.74, 6) is 0.929. The molecule has 176 valence electrons. The molecule has 0 saturated carbocycles. The van der Waals surface area contributed by atoms with Gasteiger partial charge in [0.25, 0.3) is 5.91 Å². The third-order valence-corrected chi connectivity index (χ3v) is 6.43. The first-order chi connectivity index (χ1) is 15.7. The van der Waals surface area contributed by atoms with E-state index in [1.807, 2.05) is 0 Å². The van der Waals surface area contributed by atoms with Gasteiger partial charge in [0.05, 0.1) is 31.9 Å². The Kier molecular flexibility index (Phi) is 7.75. The molecule has 1 atom stereocenters. The molecule has 1 unspecified atom stereocenters. The molecule has 3 N–H and O–H groups in total. The number of furan rings is 1. The molecular weight excluding hydrogens is 448 g/mol. The van der Waals surface area contributed by atoms with Crippen molar-refractivity contribution >= 4 is 15.9 Å². The van der Waals surface area contributed by atoms with Gasteiger partial charge in [-0.05, 0) is 55.0 Å². The molecule has 1 amide bonds. The number of aliphatic hydroxyl groups is 1. The van der Waals surface area contributed by atoms with Crippen LogP contribution in [-0.4, -0.2) is 40.2 Å². The minimum atomic E-state index is -3.87. The topological polar surface area (TPSA) is 127 Å². The van der Waals surface area contributed by atoms with Crippen molar-refractivity contribution in [1.29, 1.82) is 0 Å². The van der Waals surface area contributed by atoms with Crippen LogP contribution in [0.25, 0.3) is 0 Å². The van der Waals surface area contributed by atoms with Crippen molar-refractivity contribution in [3.63, 3.8) is 0 Å². The lowest BCUT2D eigenvalue weighted by Gasteiger charge is -2.17. The van der Waals surface area contributed by atoms with Crippen molar-refractivity contribution in [2.45, 2.75) is 24.5 Å². The van der Waals surface area contributed by atoms with Gasteiger partial charge >= 0.3 is 0 Å². The van der Waals surface area contributed by atoms with E-state index < -0.39 is 22.0 Å². The molecule has 1 aromatic heterocycles. The quantitative estimate of drug-likeness (QED) is 0.412. The second-order valence-electron chi connectivity index (χ2n) is 7.21. The van der Waals surface area contributed by atoms with Gasteiger partial charge in [0.1, 0.15) is 23.4 Å². The molecule has 0 aliphatic rings. The van der Waals surface area contributed by atoms with Gasteiger partial charge in [-0.2, -0.15) is 0 Å². The van der Waals surface area contributed by atoms with E-state index in [1.54, 1.807) is 43.3 Å². The van der Waals surface area contributed by atoms with Gasteiger partial charge in [-0.15, -0.1) is 0 Å². The van der Waals surface area contributed by atoms with E-state index in [2.05, 4.69) is 10.0 Å². The average molecular weight is 475 g/mol. The molecule has 0 saturated heterocycles. The molecule has 0 bridgehead atoms. The molecule has 33 heavy (non-hydrogen) atoms. The summed E-state index contributed by atoms with van der Waals surface area (Å²) in [4.78, 5) is 12.7. The summed E-state index contributed by atoms with van der Waals surface area (Å²) >= 11 is 0. The van der Waals surface area contributed by atoms with Crippen molar-refractivity contribution in [2.75, 3.05) is 20.8 Å². The Morgan fingerprint density at radius 2 is 1.91 bits per heavy atom. The maximum absolute atomic E-state index is 12.8. The van der Waals surface area contributed by atoms with Crippen LogP contribution in [0.15, 0.2) is 64.1 Å². The van der Waals surface area contributed by atoms with Gasteiger partial charge in [0, 0.05) is 17.7 Å². The normalized spacial score (nSPS) is 12.2. The molecule has 0 radical (unpaired) electrons. The number of benzene rings is 2. The first-order valence-corrected chi connectivity index (χ1v) is 11.5. The van der Waals surface area contributed by atoms with Crippen molar-refractivity contribution < 1.29 is 32.2 Å². The Labute approximate surface area is 192 Å². The minimum absolute atomic E-state index is 0.0146. The highest BCUT2D eigenvalue weighted by Gasteiger charge is 2.20. The Bertz CT molecular complexity index is 1210. The van der Waals surface area contributed by atoms with Gasteiger partial charge in [-0.3, -0.25) is 4.79 Å². The van der Waals surface area contributed by atoms with Crippen LogP contribution in [0.1, 0.15) is 33.3 Å². The Balaban J connectivity index is 1.72. The number of aryl methyl sites for hydroxylation is 1. The number of methoxy groups -OCH3 is 2. The van der Waals surface area contributed by atoms with Gasteiger partial charge in [-0.25, -0.2) is 13.1 Å². The summed E-state index contributed by atoms with van der Waals surface area (Å²) < 4.78 is 43.3. The lowest BCUT2D eigenvalue weighted by molar-refractivity contribution is 0.0913. The Morgan fingerprint density at radius 1 is 1.12 bits per heavy atom. The summed E-state index contributed by atoms with van der Waals surface area (Å²) in [6.07, 6.45) is 0.384. The van der Waals surface area contributed by atoms with E-state index in [0.717, 1.165) is 0 Å². The number of sulfonamides is 1. The number of amides is 1. The fourth-order valence-corrected chi connectivity index (χ4v) is 4.19. The van der Waals surface area contributed by atoms with Crippen LogP contribution in [0.4, 0.5) is 0 Å². The summed E-state index contributed by atoms with van der Waals surface area (Å²) in [5, 5.41) is 13.2. The summed E-state index contributed by atoms with van der Waals surface area (Å²) in [6.45, 7) is 1.57. The minimum Gasteiger partial charge on any atom is -0.497 e. The van der Waals surface area contributed by atoms with Crippen molar-refractivity contribution in [3.8, 4) is 11.5 Å². The first kappa shape index (κ1) is 24.3. The molecule has 0 aliphatic heterocycles. The van der Waals surface area contributed by atoms with E-state index in [9.17, 15) is 18.3 Å². The zero-order valence-electron chi connectivity index (χ0n) is 18.5. The largest absolute Gasteiger partial charge is 0.497 e. The van der Waals surface area contributed by atoms with Gasteiger partial charge < -0.3 is 24.3 Å². The highest BCUT2D eigenvalue weighted by molar-refractivity contribution is 7.89. The lowest BCUT2D eigenvalue weighted by atomic mass is 10.1. The van der Waals surface area contributed by atoms with E-state index in [0.29, 0.717) is 28.4 Å². The van der Waals surface area contributed by atoms with Crippen molar-refractivity contribution in [2.24, 2.45) is 0 Å². The number of hydrogen-bond acceptors (Lipinski definition) is 7. The zero-order valence-corrected chi connectivity index (χ0v) is 19.3. The van der Waals surface area contributed by atoms with Crippen LogP contribution in [-0.2, 0) is 16.6 Å². The highest BCUT2D eigenvalue weighted by atomic mass is 32.2. The molecular formula is C23H26N2O7S. The van der Waals surface area contributed by atoms with Gasteiger partial charge in [0.2, 0.25) is 10.0 Å². The summed E-state index contributed by atoms with van der Waals surface area (Å²) in [7, 11) is -0.885. The first-order valence-electron chi connectivity index (χ1n) is 10.1. The second kappa shape index (κ2) is 10.5. The zero-order chi connectivity index (χ0) is 24.0. The molecule has 9 nitrogen and oxygen atoms in total. The number of aliphatic hydroxyl groups excluding tert-OH is 1. The standard InChI is InChI=1S/C23H26N2O7S/c1-15-6-8-18(33(28,29)25-13-17-5-4-10-32-17)12-19(15)23(27)24-14-21(26)20-11-16(30-2)7-9-22(20)31-3/h4-12,21,25-26H,13-14H2,1-3H3,(H,24,27). The van der Waals surface area contributed by atoms with E-state index in [4.69, 9.17) is 13.9 Å². The van der Waals surface area contributed by atoms with E-state index in [-0.39, 0.29) is 23.5 Å². The second-order valence-corrected chi connectivity index (χ2v) is 8.98. The Hall–Kier alpha value is -3.34. The molecule has 2 aromatic carbocycles. The van der Waals surface area contributed by atoms with Crippen LogP contribution >= 0.6 is 0 Å². The molecule has 0 spiro atoms. The molecule has 0 fully saturated rings. The summed E-state index contributed by atoms with van der Waals surface area (Å²) in [6, 6.07) is 12.6. The number of nitrogens with one attached hydrogen (secondary N) is 2. The van der Waals surface area contributed by atoms with E-state index >= 15 is 0 Å². The van der Waals surface area contributed by atoms with Gasteiger partial charge in [0.15, 0.2) is 0 Å². The predicted molar refractivity (Wildman–Crippen MR) is 121 cm³/mol. The number of rotatable bonds is 10. The van der Waals surface area contributed by atoms with Crippen LogP contribution in [0.5, 0.6) is 11.5 Å². The predicted octanol–water partition coefficient (Wildman–Crippen LogP) is 2.55. The number of ether oxygens (including phenoxy) is 2. The van der Waals surface area contributed by atoms with Crippen LogP contribution in [0.2, 0.25) is 0 Å². The smallest absolute Gasteiger partial charge is 0.251 e. The number of carbonyl (C=O) groups excluding carboxylic acids is 1. The lowest BCUT2D eigenvalue weighted by Crippen LogP contribution is -2.29. The maximum atomic E-state index is 12.8. The van der Waals surface area contributed by atoms with E-state index in [1.165, 1.54) is 32.6 Å². The van der Waals surface area contributed by atoms with Crippen LogP contribution < -0.4 is 19.5 Å². The highest BCUT2D eigenvalue weighted by Crippen LogP contribution is 2.29. The van der Waals surface area contributed by atoms with Crippen LogP contribution in [0, 0.1) is 6.92 Å². The van der Waals surface area contributed by atoms with Crippen LogP contribution in [0.3, 0.4) is 0 Å². The average Bonchev–Trinajstić information content (AvgIpc) is 3.34. The molecule has 3 aromatic rings. The molecule has 1 heterocycles.